The van der Waals surface area contributed by atoms with Crippen LogP contribution in [-0.4, -0.2) is 37.6 Å². The van der Waals surface area contributed by atoms with Crippen molar-refractivity contribution in [3.8, 4) is 5.75 Å². The van der Waals surface area contributed by atoms with Crippen LogP contribution < -0.4 is 15.8 Å². The van der Waals surface area contributed by atoms with Crippen molar-refractivity contribution in [2.75, 3.05) is 26.4 Å². The summed E-state index contributed by atoms with van der Waals surface area (Å²) >= 11 is 6.02. The Bertz CT molecular complexity index is 737. The van der Waals surface area contributed by atoms with E-state index in [1.54, 1.807) is 6.07 Å². The van der Waals surface area contributed by atoms with Crippen LogP contribution in [0.5, 0.6) is 5.75 Å². The van der Waals surface area contributed by atoms with Crippen molar-refractivity contribution >= 4 is 23.2 Å². The van der Waals surface area contributed by atoms with Crippen LogP contribution in [0.1, 0.15) is 29.3 Å². The standard InChI is InChI=1S/C20H26ClN3O2/c1-14(24(2)13-15-7-5-4-6-8-15)9-10-23-20(25)16-11-17(21)18(22)12-19(16)26-3/h4-8,11-12,14H,9-10,13,22H2,1-3H3,(H,23,25). The molecule has 0 saturated heterocycles. The zero-order chi connectivity index (χ0) is 19.1. The van der Waals surface area contributed by atoms with Crippen molar-refractivity contribution in [2.24, 2.45) is 0 Å². The molecular weight excluding hydrogens is 350 g/mol. The molecule has 140 valence electrons. The summed E-state index contributed by atoms with van der Waals surface area (Å²) in [5, 5.41) is 3.26. The Morgan fingerprint density at radius 1 is 1.31 bits per heavy atom. The lowest BCUT2D eigenvalue weighted by molar-refractivity contribution is 0.0946. The van der Waals surface area contributed by atoms with Gasteiger partial charge in [0, 0.05) is 25.2 Å². The predicted octanol–water partition coefficient (Wildman–Crippen LogP) is 3.57. The molecule has 0 bridgehead atoms. The third-order valence-electron chi connectivity index (χ3n) is 4.44. The molecule has 6 heteroatoms. The topological polar surface area (TPSA) is 67.6 Å². The van der Waals surface area contributed by atoms with Crippen molar-refractivity contribution in [1.82, 2.24) is 10.2 Å². The average molecular weight is 376 g/mol. The van der Waals surface area contributed by atoms with Crippen LogP contribution >= 0.6 is 11.6 Å². The van der Waals surface area contributed by atoms with E-state index < -0.39 is 0 Å². The second kappa shape index (κ2) is 9.46. The van der Waals surface area contributed by atoms with Crippen molar-refractivity contribution in [3.63, 3.8) is 0 Å². The van der Waals surface area contributed by atoms with Gasteiger partial charge in [0.2, 0.25) is 0 Å². The van der Waals surface area contributed by atoms with E-state index >= 15 is 0 Å². The van der Waals surface area contributed by atoms with Crippen molar-refractivity contribution < 1.29 is 9.53 Å². The van der Waals surface area contributed by atoms with Gasteiger partial charge in [0.05, 0.1) is 23.4 Å². The van der Waals surface area contributed by atoms with Gasteiger partial charge in [0.1, 0.15) is 5.75 Å². The van der Waals surface area contributed by atoms with Crippen molar-refractivity contribution in [1.29, 1.82) is 0 Å². The second-order valence-electron chi connectivity index (χ2n) is 6.37. The number of amides is 1. The number of nitrogens with one attached hydrogen (secondary N) is 1. The molecule has 0 aliphatic rings. The normalized spacial score (nSPS) is 12.0. The molecule has 1 amide bonds. The third-order valence-corrected chi connectivity index (χ3v) is 4.77. The minimum absolute atomic E-state index is 0.221. The van der Waals surface area contributed by atoms with Gasteiger partial charge in [-0.05, 0) is 32.0 Å². The highest BCUT2D eigenvalue weighted by molar-refractivity contribution is 6.33. The van der Waals surface area contributed by atoms with Gasteiger partial charge in [-0.1, -0.05) is 41.9 Å². The van der Waals surface area contributed by atoms with E-state index in [2.05, 4.69) is 36.3 Å². The van der Waals surface area contributed by atoms with E-state index in [0.717, 1.165) is 13.0 Å². The largest absolute Gasteiger partial charge is 0.496 e. The summed E-state index contributed by atoms with van der Waals surface area (Å²) in [5.74, 6) is 0.195. The number of halogens is 1. The van der Waals surface area contributed by atoms with E-state index in [9.17, 15) is 4.79 Å². The minimum atomic E-state index is -0.221. The fourth-order valence-electron chi connectivity index (χ4n) is 2.65. The molecule has 26 heavy (non-hydrogen) atoms. The van der Waals surface area contributed by atoms with Crippen LogP contribution in [0.15, 0.2) is 42.5 Å². The van der Waals surface area contributed by atoms with E-state index in [0.29, 0.717) is 34.6 Å². The summed E-state index contributed by atoms with van der Waals surface area (Å²) < 4.78 is 5.23. The van der Waals surface area contributed by atoms with Gasteiger partial charge >= 0.3 is 0 Å². The number of ether oxygens (including phenoxy) is 1. The number of nitrogens with two attached hydrogens (primary N) is 1. The van der Waals surface area contributed by atoms with E-state index in [1.165, 1.54) is 18.7 Å². The Labute approximate surface area is 160 Å². The highest BCUT2D eigenvalue weighted by Gasteiger charge is 2.16. The molecule has 0 fully saturated rings. The molecule has 3 N–H and O–H groups in total. The molecule has 2 aromatic carbocycles. The van der Waals surface area contributed by atoms with Crippen LogP contribution in [0.4, 0.5) is 5.69 Å². The molecule has 1 atom stereocenters. The Morgan fingerprint density at radius 2 is 2.00 bits per heavy atom. The summed E-state index contributed by atoms with van der Waals surface area (Å²) in [6.45, 7) is 3.58. The van der Waals surface area contributed by atoms with Crippen LogP contribution in [0.2, 0.25) is 5.02 Å². The highest BCUT2D eigenvalue weighted by atomic mass is 35.5. The zero-order valence-electron chi connectivity index (χ0n) is 15.5. The number of hydrogen-bond donors (Lipinski definition) is 2. The van der Waals surface area contributed by atoms with Crippen molar-refractivity contribution in [2.45, 2.75) is 25.9 Å². The molecule has 0 radical (unpaired) electrons. The molecular formula is C20H26ClN3O2. The molecule has 0 spiro atoms. The lowest BCUT2D eigenvalue weighted by Gasteiger charge is -2.25. The van der Waals surface area contributed by atoms with Crippen LogP contribution in [0, 0.1) is 0 Å². The number of nitrogen functional groups attached to an aromatic ring is 1. The minimum Gasteiger partial charge on any atom is -0.496 e. The van der Waals surface area contributed by atoms with Crippen LogP contribution in [-0.2, 0) is 6.54 Å². The summed E-state index contributed by atoms with van der Waals surface area (Å²) in [6, 6.07) is 13.7. The maximum atomic E-state index is 12.4. The number of carbonyl (C=O) groups is 1. The maximum Gasteiger partial charge on any atom is 0.255 e. The molecule has 5 nitrogen and oxygen atoms in total. The Kier molecular flexibility index (Phi) is 7.30. The van der Waals surface area contributed by atoms with E-state index in [1.807, 2.05) is 18.2 Å². The fraction of sp³-hybridized carbons (Fsp3) is 0.350. The zero-order valence-corrected chi connectivity index (χ0v) is 16.2. The molecule has 2 rings (SSSR count). The van der Waals surface area contributed by atoms with E-state index in [-0.39, 0.29) is 5.91 Å². The van der Waals surface area contributed by atoms with Gasteiger partial charge in [-0.25, -0.2) is 0 Å². The van der Waals surface area contributed by atoms with Crippen molar-refractivity contribution in [3.05, 3.63) is 58.6 Å². The molecule has 0 aromatic heterocycles. The van der Waals surface area contributed by atoms with Gasteiger partial charge in [-0.3, -0.25) is 9.69 Å². The average Bonchev–Trinajstić information content (AvgIpc) is 2.64. The molecule has 0 saturated carbocycles. The van der Waals surface area contributed by atoms with Gasteiger partial charge in [0.15, 0.2) is 0 Å². The summed E-state index contributed by atoms with van der Waals surface area (Å²) in [7, 11) is 3.59. The number of anilines is 1. The fourth-order valence-corrected chi connectivity index (χ4v) is 2.82. The number of benzene rings is 2. The number of methoxy groups -OCH3 is 1. The highest BCUT2D eigenvalue weighted by Crippen LogP contribution is 2.28. The summed E-state index contributed by atoms with van der Waals surface area (Å²) in [4.78, 5) is 14.7. The first kappa shape index (κ1) is 20.1. The van der Waals surface area contributed by atoms with Gasteiger partial charge in [-0.2, -0.15) is 0 Å². The quantitative estimate of drug-likeness (QED) is 0.692. The molecule has 0 aliphatic heterocycles. The Morgan fingerprint density at radius 3 is 2.65 bits per heavy atom. The SMILES string of the molecule is COc1cc(N)c(Cl)cc1C(=O)NCCC(C)N(C)Cc1ccccc1. The first-order valence-electron chi connectivity index (χ1n) is 8.57. The van der Waals surface area contributed by atoms with Gasteiger partial charge in [0.25, 0.3) is 5.91 Å². The van der Waals surface area contributed by atoms with E-state index in [4.69, 9.17) is 22.1 Å². The third kappa shape index (κ3) is 5.38. The Hall–Kier alpha value is -2.24. The monoisotopic (exact) mass is 375 g/mol. The first-order chi connectivity index (χ1) is 12.4. The number of hydrogen-bond acceptors (Lipinski definition) is 4. The summed E-state index contributed by atoms with van der Waals surface area (Å²) in [6.07, 6.45) is 0.833. The second-order valence-corrected chi connectivity index (χ2v) is 6.78. The molecule has 0 heterocycles. The Balaban J connectivity index is 1.87. The predicted molar refractivity (Wildman–Crippen MR) is 107 cm³/mol. The van der Waals surface area contributed by atoms with Crippen LogP contribution in [0.25, 0.3) is 0 Å². The van der Waals surface area contributed by atoms with Crippen LogP contribution in [0.3, 0.4) is 0 Å². The first-order valence-corrected chi connectivity index (χ1v) is 8.95. The smallest absolute Gasteiger partial charge is 0.255 e. The number of rotatable bonds is 8. The summed E-state index contributed by atoms with van der Waals surface area (Å²) in [5.41, 5.74) is 7.79. The number of carbonyl (C=O) groups excluding carboxylic acids is 1. The molecule has 2 aromatic rings. The van der Waals surface area contributed by atoms with Gasteiger partial charge in [-0.15, -0.1) is 0 Å². The molecule has 1 unspecified atom stereocenters. The molecule has 0 aliphatic carbocycles. The lowest BCUT2D eigenvalue weighted by Crippen LogP contribution is -2.33. The van der Waals surface area contributed by atoms with Gasteiger partial charge < -0.3 is 15.8 Å². The number of nitrogens with zero attached hydrogens (tertiary/aromatic N) is 1. The lowest BCUT2D eigenvalue weighted by atomic mass is 10.1. The maximum absolute atomic E-state index is 12.4.